The first-order valence-corrected chi connectivity index (χ1v) is 6.05. The second-order valence-corrected chi connectivity index (χ2v) is 5.08. The third-order valence-corrected chi connectivity index (χ3v) is 2.64. The Kier molecular flexibility index (Phi) is 4.70. The van der Waals surface area contributed by atoms with Crippen molar-refractivity contribution in [1.82, 2.24) is 5.32 Å². The molecular weight excluding hydrogens is 212 g/mol. The lowest BCUT2D eigenvalue weighted by Crippen LogP contribution is -2.46. The molecule has 1 rings (SSSR count). The highest BCUT2D eigenvalue weighted by molar-refractivity contribution is 5.83. The average Bonchev–Trinajstić information content (AvgIpc) is 2.28. The summed E-state index contributed by atoms with van der Waals surface area (Å²) in [5, 5.41) is 2.91. The van der Waals surface area contributed by atoms with Gasteiger partial charge in [-0.1, -0.05) is 37.3 Å². The van der Waals surface area contributed by atoms with Crippen LogP contribution in [0, 0.1) is 0 Å². The molecule has 3 heteroatoms. The maximum atomic E-state index is 12.1. The second-order valence-electron chi connectivity index (χ2n) is 5.08. The number of carbonyl (C=O) groups is 1. The van der Waals surface area contributed by atoms with Crippen LogP contribution in [-0.2, 0) is 4.79 Å². The van der Waals surface area contributed by atoms with Crippen LogP contribution in [0.2, 0.25) is 0 Å². The summed E-state index contributed by atoms with van der Waals surface area (Å²) in [5.74, 6) is -0.0317. The van der Waals surface area contributed by atoms with E-state index in [1.165, 1.54) is 0 Å². The fourth-order valence-corrected chi connectivity index (χ4v) is 1.70. The molecule has 0 aliphatic rings. The molecule has 0 saturated carbocycles. The summed E-state index contributed by atoms with van der Waals surface area (Å²) in [6.07, 6.45) is 0.793. The van der Waals surface area contributed by atoms with Crippen molar-refractivity contribution < 1.29 is 4.79 Å². The second kappa shape index (κ2) is 5.82. The summed E-state index contributed by atoms with van der Waals surface area (Å²) in [6, 6.07) is 9.84. The van der Waals surface area contributed by atoms with E-state index in [9.17, 15) is 4.79 Å². The molecule has 3 nitrogen and oxygen atoms in total. The van der Waals surface area contributed by atoms with Crippen LogP contribution in [0.1, 0.15) is 38.7 Å². The van der Waals surface area contributed by atoms with E-state index in [-0.39, 0.29) is 17.4 Å². The molecule has 3 N–H and O–H groups in total. The van der Waals surface area contributed by atoms with E-state index in [1.54, 1.807) is 0 Å². The van der Waals surface area contributed by atoms with Crippen molar-refractivity contribution >= 4 is 5.91 Å². The smallest absolute Gasteiger partial charge is 0.227 e. The Morgan fingerprint density at radius 1 is 1.35 bits per heavy atom. The topological polar surface area (TPSA) is 55.1 Å². The van der Waals surface area contributed by atoms with Gasteiger partial charge in [-0.15, -0.1) is 0 Å². The van der Waals surface area contributed by atoms with E-state index in [1.807, 2.05) is 51.1 Å². The SMILES string of the molecule is CCC(C(=O)NCC(C)(C)N)c1ccccc1. The number of amides is 1. The molecule has 0 bridgehead atoms. The molecule has 0 aliphatic carbocycles. The van der Waals surface area contributed by atoms with Crippen LogP contribution >= 0.6 is 0 Å². The van der Waals surface area contributed by atoms with Crippen molar-refractivity contribution in [3.05, 3.63) is 35.9 Å². The number of hydrogen-bond acceptors (Lipinski definition) is 2. The van der Waals surface area contributed by atoms with Gasteiger partial charge in [-0.25, -0.2) is 0 Å². The van der Waals surface area contributed by atoms with Crippen LogP contribution in [0.3, 0.4) is 0 Å². The lowest BCUT2D eigenvalue weighted by atomic mass is 9.95. The third-order valence-electron chi connectivity index (χ3n) is 2.64. The summed E-state index contributed by atoms with van der Waals surface area (Å²) in [4.78, 5) is 12.1. The van der Waals surface area contributed by atoms with Gasteiger partial charge in [0.05, 0.1) is 5.92 Å². The summed E-state index contributed by atoms with van der Waals surface area (Å²) >= 11 is 0. The number of hydrogen-bond donors (Lipinski definition) is 2. The first kappa shape index (κ1) is 13.7. The summed E-state index contributed by atoms with van der Waals surface area (Å²) in [5.41, 5.74) is 6.54. The molecule has 17 heavy (non-hydrogen) atoms. The minimum Gasteiger partial charge on any atom is -0.354 e. The fourth-order valence-electron chi connectivity index (χ4n) is 1.70. The zero-order valence-electron chi connectivity index (χ0n) is 10.9. The van der Waals surface area contributed by atoms with E-state index >= 15 is 0 Å². The Labute approximate surface area is 103 Å². The molecule has 0 aliphatic heterocycles. The van der Waals surface area contributed by atoms with E-state index in [2.05, 4.69) is 5.32 Å². The Bertz CT molecular complexity index is 354. The van der Waals surface area contributed by atoms with Crippen molar-refractivity contribution in [2.45, 2.75) is 38.6 Å². The zero-order valence-corrected chi connectivity index (χ0v) is 10.9. The van der Waals surface area contributed by atoms with Crippen molar-refractivity contribution in [1.29, 1.82) is 0 Å². The summed E-state index contributed by atoms with van der Waals surface area (Å²) < 4.78 is 0. The van der Waals surface area contributed by atoms with Gasteiger partial charge in [0.15, 0.2) is 0 Å². The highest BCUT2D eigenvalue weighted by atomic mass is 16.1. The van der Waals surface area contributed by atoms with E-state index in [0.29, 0.717) is 6.54 Å². The Hall–Kier alpha value is -1.35. The van der Waals surface area contributed by atoms with E-state index in [0.717, 1.165) is 12.0 Å². The lowest BCUT2D eigenvalue weighted by molar-refractivity contribution is -0.122. The molecule has 0 aromatic heterocycles. The lowest BCUT2D eigenvalue weighted by Gasteiger charge is -2.22. The minimum absolute atomic E-state index is 0.0530. The maximum absolute atomic E-state index is 12.1. The number of nitrogens with two attached hydrogens (primary N) is 1. The molecule has 1 aromatic carbocycles. The van der Waals surface area contributed by atoms with Crippen LogP contribution in [0.25, 0.3) is 0 Å². The highest BCUT2D eigenvalue weighted by Crippen LogP contribution is 2.19. The maximum Gasteiger partial charge on any atom is 0.227 e. The average molecular weight is 234 g/mol. The van der Waals surface area contributed by atoms with Gasteiger partial charge in [0, 0.05) is 12.1 Å². The van der Waals surface area contributed by atoms with E-state index < -0.39 is 0 Å². The van der Waals surface area contributed by atoms with Crippen molar-refractivity contribution in [2.24, 2.45) is 5.73 Å². The largest absolute Gasteiger partial charge is 0.354 e. The predicted molar refractivity (Wildman–Crippen MR) is 70.8 cm³/mol. The minimum atomic E-state index is -0.370. The van der Waals surface area contributed by atoms with Crippen molar-refractivity contribution in [3.63, 3.8) is 0 Å². The van der Waals surface area contributed by atoms with Crippen LogP contribution < -0.4 is 11.1 Å². The molecule has 1 unspecified atom stereocenters. The van der Waals surface area contributed by atoms with Gasteiger partial charge in [-0.2, -0.15) is 0 Å². The fraction of sp³-hybridized carbons (Fsp3) is 0.500. The van der Waals surface area contributed by atoms with Gasteiger partial charge in [0.1, 0.15) is 0 Å². The molecular formula is C14H22N2O. The number of benzene rings is 1. The normalized spacial score (nSPS) is 13.2. The summed E-state index contributed by atoms with van der Waals surface area (Å²) in [7, 11) is 0. The number of rotatable bonds is 5. The van der Waals surface area contributed by atoms with Crippen molar-refractivity contribution in [3.8, 4) is 0 Å². The van der Waals surface area contributed by atoms with Crippen LogP contribution in [0.5, 0.6) is 0 Å². The Balaban J connectivity index is 2.66. The third kappa shape index (κ3) is 4.57. The van der Waals surface area contributed by atoms with Gasteiger partial charge < -0.3 is 11.1 Å². The first-order chi connectivity index (χ1) is 7.94. The molecule has 0 saturated heterocycles. The van der Waals surface area contributed by atoms with Crippen LogP contribution in [0.4, 0.5) is 0 Å². The molecule has 94 valence electrons. The monoisotopic (exact) mass is 234 g/mol. The van der Waals surface area contributed by atoms with Gasteiger partial charge in [0.25, 0.3) is 0 Å². The van der Waals surface area contributed by atoms with Gasteiger partial charge in [-0.3, -0.25) is 4.79 Å². The van der Waals surface area contributed by atoms with E-state index in [4.69, 9.17) is 5.73 Å². The number of carbonyl (C=O) groups excluding carboxylic acids is 1. The highest BCUT2D eigenvalue weighted by Gasteiger charge is 2.20. The predicted octanol–water partition coefficient (Wildman–Crippen LogP) is 2.03. The number of nitrogens with one attached hydrogen (secondary N) is 1. The molecule has 1 amide bonds. The van der Waals surface area contributed by atoms with Gasteiger partial charge in [-0.05, 0) is 25.8 Å². The Morgan fingerprint density at radius 3 is 2.41 bits per heavy atom. The summed E-state index contributed by atoms with van der Waals surface area (Å²) in [6.45, 7) is 6.31. The molecule has 0 fully saturated rings. The molecule has 1 atom stereocenters. The van der Waals surface area contributed by atoms with Gasteiger partial charge >= 0.3 is 0 Å². The first-order valence-electron chi connectivity index (χ1n) is 6.05. The standard InChI is InChI=1S/C14H22N2O/c1-4-12(11-8-6-5-7-9-11)13(17)16-10-14(2,3)15/h5-9,12H,4,10,15H2,1-3H3,(H,16,17). The molecule has 1 aromatic rings. The van der Waals surface area contributed by atoms with Crippen LogP contribution in [-0.4, -0.2) is 18.0 Å². The van der Waals surface area contributed by atoms with Crippen molar-refractivity contribution in [2.75, 3.05) is 6.54 Å². The Morgan fingerprint density at radius 2 is 1.94 bits per heavy atom. The molecule has 0 spiro atoms. The van der Waals surface area contributed by atoms with Crippen LogP contribution in [0.15, 0.2) is 30.3 Å². The molecule has 0 heterocycles. The quantitative estimate of drug-likeness (QED) is 0.819. The zero-order chi connectivity index (χ0) is 12.9. The van der Waals surface area contributed by atoms with Gasteiger partial charge in [0.2, 0.25) is 5.91 Å². The molecule has 0 radical (unpaired) electrons.